The molecule has 0 aliphatic heterocycles. The summed E-state index contributed by atoms with van der Waals surface area (Å²) in [5.74, 6) is -5.08. The van der Waals surface area contributed by atoms with Crippen LogP contribution in [0, 0.1) is 0 Å². The van der Waals surface area contributed by atoms with Gasteiger partial charge in [0.2, 0.25) is 12.1 Å². The number of alkyl halides is 6. The second-order valence-corrected chi connectivity index (χ2v) is 16.5. The van der Waals surface area contributed by atoms with Crippen LogP contribution < -0.4 is 21.3 Å². The first-order valence-corrected chi connectivity index (χ1v) is 21.9. The van der Waals surface area contributed by atoms with Crippen LogP contribution in [0.4, 0.5) is 60.5 Å². The van der Waals surface area contributed by atoms with E-state index in [0.717, 1.165) is 50.2 Å². The van der Waals surface area contributed by atoms with Crippen LogP contribution in [0.25, 0.3) is 0 Å². The fourth-order valence-electron chi connectivity index (χ4n) is 6.56. The third kappa shape index (κ3) is 13.5. The van der Waals surface area contributed by atoms with Gasteiger partial charge in [-0.25, -0.2) is 0 Å². The number of anilines is 4. The minimum Gasteiger partial charge on any atom is -0.323 e. The van der Waals surface area contributed by atoms with E-state index >= 15 is 0 Å². The highest BCUT2D eigenvalue weighted by Crippen LogP contribution is 2.38. The number of Topliss-reactive ketones (excluding diaryl/α,β-unsaturated/α-hetero) is 2. The van der Waals surface area contributed by atoms with Crippen LogP contribution in [-0.4, -0.2) is 47.3 Å². The van der Waals surface area contributed by atoms with Crippen molar-refractivity contribution >= 4 is 116 Å². The van der Waals surface area contributed by atoms with Crippen molar-refractivity contribution in [3.05, 3.63) is 138 Å². The van der Waals surface area contributed by atoms with Gasteiger partial charge in [-0.15, -0.1) is 0 Å². The Labute approximate surface area is 414 Å². The van der Waals surface area contributed by atoms with Crippen molar-refractivity contribution in [2.45, 2.75) is 65.0 Å². The lowest BCUT2D eigenvalue weighted by Gasteiger charge is -2.20. The van der Waals surface area contributed by atoms with Gasteiger partial charge in [-0.2, -0.15) is 46.8 Å². The van der Waals surface area contributed by atoms with Crippen LogP contribution in [0.2, 0.25) is 20.1 Å². The first-order chi connectivity index (χ1) is 32.8. The molecule has 0 aromatic heterocycles. The number of nitrogens with zero attached hydrogens (tertiary/aromatic N) is 4. The molecule has 0 fully saturated rings. The van der Waals surface area contributed by atoms with E-state index < -0.39 is 80.8 Å². The lowest BCUT2D eigenvalue weighted by molar-refractivity contribution is -0.138. The summed E-state index contributed by atoms with van der Waals surface area (Å²) in [5, 5.41) is 24.3. The molecule has 4 N–H and O–H groups in total. The van der Waals surface area contributed by atoms with Crippen molar-refractivity contribution in [1.82, 2.24) is 0 Å². The zero-order valence-corrected chi connectivity index (χ0v) is 39.7. The Hall–Kier alpha value is -6.74. The van der Waals surface area contributed by atoms with Gasteiger partial charge in [-0.1, -0.05) is 60.3 Å². The molecule has 24 heteroatoms. The number of halogens is 10. The summed E-state index contributed by atoms with van der Waals surface area (Å²) in [4.78, 5) is 78.7. The SMILES string of the molecule is CCc1c(NC(=O)C(N=Nc2ccc(Cl)c(C(=O)Nc3ccc(Cl)c(C(F)(F)F)c3)c2)C(C)=O)ccc(NC(=O)C(N=Nc2ccc(Cl)c(C(=O)Nc3ccc(Cl)c(C(F)(F)F)c3)c2)C(C)=O)c1CC. The fraction of sp³-hybridized carbons (Fsp3) is 0.217. The second-order valence-electron chi connectivity index (χ2n) is 14.9. The lowest BCUT2D eigenvalue weighted by atomic mass is 9.98. The summed E-state index contributed by atoms with van der Waals surface area (Å²) < 4.78 is 80.3. The molecule has 0 aliphatic rings. The van der Waals surface area contributed by atoms with E-state index in [1.807, 2.05) is 0 Å². The van der Waals surface area contributed by atoms with E-state index in [9.17, 15) is 55.1 Å². The standard InChI is InChI=1S/C46H36Cl4F6N8O6/c1-5-27-28(6-2)38(60-44(70)40(22(4)66)64-62-26-10-12-34(48)30(18-26)42(68)58-24-8-14-36(50)32(20-24)46(54,55)56)16-15-37(27)59-43(69)39(21(3)65)63-61-25-9-11-33(47)29(17-25)41(67)57-23-7-13-35(49)31(19-23)45(51,52)53/h7-20,39-40H,5-6H2,1-4H3,(H,57,67)(H,58,68)(H,59,69)(H,60,70). The summed E-state index contributed by atoms with van der Waals surface area (Å²) in [6.07, 6.45) is -9.01. The molecular formula is C46H36Cl4F6N8O6. The van der Waals surface area contributed by atoms with E-state index in [4.69, 9.17) is 46.4 Å². The monoisotopic (exact) mass is 1050 g/mol. The average Bonchev–Trinajstić information content (AvgIpc) is 3.28. The zero-order chi connectivity index (χ0) is 51.8. The summed E-state index contributed by atoms with van der Waals surface area (Å²) in [5.41, 5.74) is -1.80. The number of hydrogen-bond acceptors (Lipinski definition) is 10. The lowest BCUT2D eigenvalue weighted by Crippen LogP contribution is -2.33. The number of azo groups is 2. The van der Waals surface area contributed by atoms with Crippen molar-refractivity contribution in [2.24, 2.45) is 20.5 Å². The molecule has 0 heterocycles. The molecular weight excluding hydrogens is 1020 g/mol. The fourth-order valence-corrected chi connectivity index (χ4v) is 7.42. The van der Waals surface area contributed by atoms with Gasteiger partial charge in [-0.05, 0) is 123 Å². The summed E-state index contributed by atoms with van der Waals surface area (Å²) in [6, 6.07) is 12.4. The van der Waals surface area contributed by atoms with Crippen molar-refractivity contribution in [2.75, 3.05) is 21.3 Å². The van der Waals surface area contributed by atoms with Gasteiger partial charge in [-0.3, -0.25) is 28.8 Å². The zero-order valence-electron chi connectivity index (χ0n) is 36.7. The minimum absolute atomic E-state index is 0.0455. The number of hydrogen-bond donors (Lipinski definition) is 4. The molecule has 0 spiro atoms. The number of carbonyl (C=O) groups is 6. The van der Waals surface area contributed by atoms with Gasteiger partial charge in [0.15, 0.2) is 11.6 Å². The molecule has 0 aliphatic carbocycles. The molecule has 14 nitrogen and oxygen atoms in total. The number of amides is 4. The first-order valence-electron chi connectivity index (χ1n) is 20.4. The number of benzene rings is 5. The molecule has 70 heavy (non-hydrogen) atoms. The van der Waals surface area contributed by atoms with E-state index in [-0.39, 0.29) is 55.3 Å². The molecule has 0 saturated carbocycles. The van der Waals surface area contributed by atoms with Crippen LogP contribution in [0.5, 0.6) is 0 Å². The van der Waals surface area contributed by atoms with Crippen LogP contribution >= 0.6 is 46.4 Å². The maximum atomic E-state index is 13.6. The van der Waals surface area contributed by atoms with Crippen molar-refractivity contribution < 1.29 is 55.1 Å². The molecule has 0 radical (unpaired) electrons. The van der Waals surface area contributed by atoms with Crippen LogP contribution in [0.3, 0.4) is 0 Å². The Morgan fingerprint density at radius 3 is 1.16 bits per heavy atom. The van der Waals surface area contributed by atoms with Gasteiger partial charge in [0.25, 0.3) is 23.6 Å². The molecule has 2 atom stereocenters. The predicted octanol–water partition coefficient (Wildman–Crippen LogP) is 13.3. The number of rotatable bonds is 16. The minimum atomic E-state index is -4.80. The van der Waals surface area contributed by atoms with Crippen LogP contribution in [0.1, 0.15) is 70.7 Å². The molecule has 2 unspecified atom stereocenters. The molecule has 0 bridgehead atoms. The highest BCUT2D eigenvalue weighted by atomic mass is 35.5. The molecule has 5 aromatic carbocycles. The van der Waals surface area contributed by atoms with Crippen molar-refractivity contribution in [1.29, 1.82) is 0 Å². The highest BCUT2D eigenvalue weighted by Gasteiger charge is 2.35. The first kappa shape index (κ1) is 54.2. The number of ketones is 2. The normalized spacial score (nSPS) is 12.7. The Kier molecular flexibility index (Phi) is 17.6. The van der Waals surface area contributed by atoms with E-state index in [1.165, 1.54) is 36.4 Å². The average molecular weight is 1050 g/mol. The molecule has 366 valence electrons. The van der Waals surface area contributed by atoms with E-state index in [0.29, 0.717) is 36.1 Å². The number of carbonyl (C=O) groups excluding carboxylic acids is 6. The third-order valence-corrected chi connectivity index (χ3v) is 11.3. The maximum absolute atomic E-state index is 13.6. The van der Waals surface area contributed by atoms with Crippen LogP contribution in [-0.2, 0) is 44.4 Å². The highest BCUT2D eigenvalue weighted by molar-refractivity contribution is 6.35. The third-order valence-electron chi connectivity index (χ3n) is 9.95. The topological polar surface area (TPSA) is 200 Å². The predicted molar refractivity (Wildman–Crippen MR) is 252 cm³/mol. The summed E-state index contributed by atoms with van der Waals surface area (Å²) in [7, 11) is 0. The molecule has 5 aromatic rings. The van der Waals surface area contributed by atoms with Gasteiger partial charge >= 0.3 is 12.4 Å². The summed E-state index contributed by atoms with van der Waals surface area (Å²) in [6.45, 7) is 5.71. The smallest absolute Gasteiger partial charge is 0.323 e. The Morgan fingerprint density at radius 2 is 0.843 bits per heavy atom. The van der Waals surface area contributed by atoms with Crippen LogP contribution in [0.15, 0.2) is 105 Å². The van der Waals surface area contributed by atoms with Crippen molar-refractivity contribution in [3.63, 3.8) is 0 Å². The van der Waals surface area contributed by atoms with Gasteiger partial charge in [0, 0.05) is 22.7 Å². The van der Waals surface area contributed by atoms with Gasteiger partial charge < -0.3 is 21.3 Å². The second kappa shape index (κ2) is 22.8. The Balaban J connectivity index is 1.30. The Bertz CT molecular complexity index is 2770. The Morgan fingerprint density at radius 1 is 0.500 bits per heavy atom. The maximum Gasteiger partial charge on any atom is 0.417 e. The number of nitrogens with one attached hydrogen (secondary N) is 4. The molecule has 5 rings (SSSR count). The van der Waals surface area contributed by atoms with Crippen molar-refractivity contribution in [3.8, 4) is 0 Å². The molecule has 4 amide bonds. The quantitative estimate of drug-likeness (QED) is 0.0430. The van der Waals surface area contributed by atoms with E-state index in [2.05, 4.69) is 41.7 Å². The van der Waals surface area contributed by atoms with E-state index in [1.54, 1.807) is 13.8 Å². The summed E-state index contributed by atoms with van der Waals surface area (Å²) >= 11 is 23.8. The van der Waals surface area contributed by atoms with Gasteiger partial charge in [0.05, 0.1) is 53.7 Å². The molecule has 0 saturated heterocycles. The largest absolute Gasteiger partial charge is 0.417 e. The van der Waals surface area contributed by atoms with Gasteiger partial charge in [0.1, 0.15) is 0 Å².